The van der Waals surface area contributed by atoms with Gasteiger partial charge in [-0.05, 0) is 11.4 Å². The first-order valence-electron chi connectivity index (χ1n) is 4.81. The van der Waals surface area contributed by atoms with Crippen molar-refractivity contribution < 1.29 is 18.0 Å². The molecule has 0 atom stereocenters. The zero-order valence-electron chi connectivity index (χ0n) is 9.54. The van der Waals surface area contributed by atoms with Gasteiger partial charge in [-0.1, -0.05) is 6.07 Å². The predicted molar refractivity (Wildman–Crippen MR) is 63.9 cm³/mol. The van der Waals surface area contributed by atoms with E-state index in [2.05, 4.69) is 9.56 Å². The van der Waals surface area contributed by atoms with Crippen LogP contribution in [0.4, 0.5) is 0 Å². The standard InChI is InChI=1S/C9H14N2O4S2/c1-11(15-2)8(12)5-6-10-17(13,14)9-4-3-7-16-9/h3-4,7,10H,5-6H2,1-2H3. The Morgan fingerprint density at radius 1 is 1.59 bits per heavy atom. The molecule has 1 aromatic rings. The van der Waals surface area contributed by atoms with E-state index in [0.717, 1.165) is 16.4 Å². The van der Waals surface area contributed by atoms with E-state index in [1.54, 1.807) is 11.4 Å². The molecule has 1 amide bonds. The number of hydrogen-bond donors (Lipinski definition) is 1. The molecule has 0 saturated carbocycles. The molecule has 1 aromatic heterocycles. The molecule has 0 aliphatic rings. The van der Waals surface area contributed by atoms with Crippen molar-refractivity contribution in [3.8, 4) is 0 Å². The van der Waals surface area contributed by atoms with E-state index in [9.17, 15) is 13.2 Å². The van der Waals surface area contributed by atoms with Crippen LogP contribution in [-0.2, 0) is 19.7 Å². The Kier molecular flexibility index (Phi) is 5.06. The Morgan fingerprint density at radius 2 is 2.29 bits per heavy atom. The van der Waals surface area contributed by atoms with E-state index >= 15 is 0 Å². The molecule has 0 unspecified atom stereocenters. The quantitative estimate of drug-likeness (QED) is 0.766. The number of carbonyl (C=O) groups is 1. The number of rotatable bonds is 6. The molecule has 96 valence electrons. The monoisotopic (exact) mass is 278 g/mol. The predicted octanol–water partition coefficient (Wildman–Crippen LogP) is 0.436. The maximum Gasteiger partial charge on any atom is 0.250 e. The first kappa shape index (κ1) is 14.1. The smallest absolute Gasteiger partial charge is 0.250 e. The van der Waals surface area contributed by atoms with E-state index in [0.29, 0.717) is 0 Å². The van der Waals surface area contributed by atoms with E-state index in [1.807, 2.05) is 0 Å². The van der Waals surface area contributed by atoms with Crippen LogP contribution < -0.4 is 4.72 Å². The van der Waals surface area contributed by atoms with Crippen LogP contribution in [0.15, 0.2) is 21.7 Å². The van der Waals surface area contributed by atoms with E-state index in [-0.39, 0.29) is 23.1 Å². The lowest BCUT2D eigenvalue weighted by molar-refractivity contribution is -0.168. The molecular formula is C9H14N2O4S2. The molecule has 0 bridgehead atoms. The van der Waals surface area contributed by atoms with E-state index < -0.39 is 10.0 Å². The van der Waals surface area contributed by atoms with Gasteiger partial charge in [-0.3, -0.25) is 9.63 Å². The summed E-state index contributed by atoms with van der Waals surface area (Å²) in [6.07, 6.45) is 0.0505. The SMILES string of the molecule is CON(C)C(=O)CCNS(=O)(=O)c1cccs1. The lowest BCUT2D eigenvalue weighted by Gasteiger charge is -2.13. The lowest BCUT2D eigenvalue weighted by Crippen LogP contribution is -2.31. The number of hydrogen-bond acceptors (Lipinski definition) is 5. The summed E-state index contributed by atoms with van der Waals surface area (Å²) in [7, 11) is -0.651. The number of carbonyl (C=O) groups excluding carboxylic acids is 1. The highest BCUT2D eigenvalue weighted by Crippen LogP contribution is 2.14. The van der Waals surface area contributed by atoms with Crippen LogP contribution in [0.3, 0.4) is 0 Å². The van der Waals surface area contributed by atoms with Gasteiger partial charge in [0.15, 0.2) is 0 Å². The number of thiophene rings is 1. The minimum atomic E-state index is -3.49. The average molecular weight is 278 g/mol. The summed E-state index contributed by atoms with van der Waals surface area (Å²) >= 11 is 1.13. The summed E-state index contributed by atoms with van der Waals surface area (Å²) in [5.74, 6) is -0.290. The summed E-state index contributed by atoms with van der Waals surface area (Å²) in [5.41, 5.74) is 0. The summed E-state index contributed by atoms with van der Waals surface area (Å²) in [6.45, 7) is 0.0484. The van der Waals surface area contributed by atoms with E-state index in [4.69, 9.17) is 0 Å². The minimum absolute atomic E-state index is 0.0484. The van der Waals surface area contributed by atoms with Crippen LogP contribution in [0.25, 0.3) is 0 Å². The van der Waals surface area contributed by atoms with Crippen LogP contribution in [0.2, 0.25) is 0 Å². The maximum absolute atomic E-state index is 11.7. The molecule has 6 nitrogen and oxygen atoms in total. The molecule has 1 rings (SSSR count). The molecule has 0 aliphatic carbocycles. The van der Waals surface area contributed by atoms with Crippen molar-refractivity contribution in [2.75, 3.05) is 20.7 Å². The van der Waals surface area contributed by atoms with Crippen molar-refractivity contribution in [1.29, 1.82) is 0 Å². The molecule has 0 saturated heterocycles. The van der Waals surface area contributed by atoms with Gasteiger partial charge >= 0.3 is 0 Å². The third kappa shape index (κ3) is 4.08. The van der Waals surface area contributed by atoms with Crippen molar-refractivity contribution in [3.63, 3.8) is 0 Å². The first-order valence-corrected chi connectivity index (χ1v) is 7.17. The summed E-state index contributed by atoms with van der Waals surface area (Å²) in [6, 6.07) is 3.17. The van der Waals surface area contributed by atoms with Crippen molar-refractivity contribution in [2.24, 2.45) is 0 Å². The number of hydroxylamine groups is 2. The molecule has 1 N–H and O–H groups in total. The Labute approximate surface area is 104 Å². The van der Waals surface area contributed by atoms with Gasteiger partial charge in [0.1, 0.15) is 4.21 Å². The minimum Gasteiger partial charge on any atom is -0.275 e. The van der Waals surface area contributed by atoms with Crippen LogP contribution in [0, 0.1) is 0 Å². The Bertz CT molecular complexity index is 455. The van der Waals surface area contributed by atoms with Crippen LogP contribution >= 0.6 is 11.3 Å². The number of nitrogens with zero attached hydrogens (tertiary/aromatic N) is 1. The Balaban J connectivity index is 2.45. The molecule has 0 radical (unpaired) electrons. The zero-order chi connectivity index (χ0) is 12.9. The molecule has 0 aliphatic heterocycles. The topological polar surface area (TPSA) is 75.7 Å². The maximum atomic E-state index is 11.7. The molecule has 8 heteroatoms. The van der Waals surface area contributed by atoms with Crippen LogP contribution in [0.1, 0.15) is 6.42 Å². The average Bonchev–Trinajstić information content (AvgIpc) is 2.81. The second-order valence-corrected chi connectivity index (χ2v) is 6.10. The molecule has 0 spiro atoms. The van der Waals surface area contributed by atoms with Crippen molar-refractivity contribution in [1.82, 2.24) is 9.79 Å². The van der Waals surface area contributed by atoms with Crippen molar-refractivity contribution in [3.05, 3.63) is 17.5 Å². The lowest BCUT2D eigenvalue weighted by atomic mass is 10.4. The number of nitrogens with one attached hydrogen (secondary N) is 1. The zero-order valence-corrected chi connectivity index (χ0v) is 11.2. The van der Waals surface area contributed by atoms with Gasteiger partial charge in [-0.2, -0.15) is 0 Å². The second-order valence-electron chi connectivity index (χ2n) is 3.15. The Morgan fingerprint density at radius 3 is 2.82 bits per heavy atom. The highest BCUT2D eigenvalue weighted by atomic mass is 32.2. The van der Waals surface area contributed by atoms with Gasteiger partial charge in [-0.25, -0.2) is 18.2 Å². The number of sulfonamides is 1. The van der Waals surface area contributed by atoms with Gasteiger partial charge in [0.2, 0.25) is 15.9 Å². The normalized spacial score (nSPS) is 11.4. The van der Waals surface area contributed by atoms with Gasteiger partial charge in [0.25, 0.3) is 0 Å². The van der Waals surface area contributed by atoms with Crippen LogP contribution in [-0.4, -0.2) is 40.1 Å². The second kappa shape index (κ2) is 6.10. The molecular weight excluding hydrogens is 264 g/mol. The fourth-order valence-electron chi connectivity index (χ4n) is 1.04. The molecule has 0 fully saturated rings. The van der Waals surface area contributed by atoms with Crippen molar-refractivity contribution in [2.45, 2.75) is 10.6 Å². The number of amides is 1. The van der Waals surface area contributed by atoms with Crippen molar-refractivity contribution >= 4 is 27.3 Å². The van der Waals surface area contributed by atoms with Gasteiger partial charge in [-0.15, -0.1) is 11.3 Å². The fraction of sp³-hybridized carbons (Fsp3) is 0.444. The third-order valence-electron chi connectivity index (χ3n) is 2.02. The van der Waals surface area contributed by atoms with E-state index in [1.165, 1.54) is 20.2 Å². The van der Waals surface area contributed by atoms with Crippen LogP contribution in [0.5, 0.6) is 0 Å². The summed E-state index contributed by atoms with van der Waals surface area (Å²) < 4.78 is 25.9. The molecule has 1 heterocycles. The third-order valence-corrected chi connectivity index (χ3v) is 4.87. The first-order chi connectivity index (χ1) is 7.97. The molecule has 0 aromatic carbocycles. The fourth-order valence-corrected chi connectivity index (χ4v) is 3.11. The highest BCUT2D eigenvalue weighted by Gasteiger charge is 2.15. The largest absolute Gasteiger partial charge is 0.275 e. The van der Waals surface area contributed by atoms with Gasteiger partial charge in [0.05, 0.1) is 7.11 Å². The highest BCUT2D eigenvalue weighted by molar-refractivity contribution is 7.91. The Hall–Kier alpha value is -0.960. The summed E-state index contributed by atoms with van der Waals surface area (Å²) in [5, 5.41) is 2.73. The van der Waals surface area contributed by atoms with Gasteiger partial charge < -0.3 is 0 Å². The molecule has 17 heavy (non-hydrogen) atoms. The summed E-state index contributed by atoms with van der Waals surface area (Å²) in [4.78, 5) is 16.0. The van der Waals surface area contributed by atoms with Gasteiger partial charge in [0, 0.05) is 20.0 Å².